The number of benzene rings is 2. The van der Waals surface area contributed by atoms with E-state index in [1.807, 2.05) is 18.2 Å². The molecule has 2 aromatic carbocycles. The summed E-state index contributed by atoms with van der Waals surface area (Å²) in [6, 6.07) is 13.0. The van der Waals surface area contributed by atoms with Crippen molar-refractivity contribution in [3.63, 3.8) is 0 Å². The first-order valence-electron chi connectivity index (χ1n) is 8.57. The fraction of sp³-hybridized carbons (Fsp3) is 0.429. The first-order valence-corrected chi connectivity index (χ1v) is 9.11. The summed E-state index contributed by atoms with van der Waals surface area (Å²) in [5.74, 6) is 0.628. The van der Waals surface area contributed by atoms with Gasteiger partial charge in [-0.15, -0.1) is 11.6 Å². The first kappa shape index (κ1) is 19.7. The van der Waals surface area contributed by atoms with Gasteiger partial charge in [-0.05, 0) is 52.6 Å². The standard InChI is InChI=1S/C21H25ClF2O/c1-4-10-21(2,3)13-17-11-15(14-22)8-9-19(17)16-6-5-7-18(12-16)25-20(23)24/h5-9,11-12,20H,4,10,13-14H2,1-3H3. The third-order valence-electron chi connectivity index (χ3n) is 4.29. The molecule has 136 valence electrons. The maximum atomic E-state index is 12.5. The third-order valence-corrected chi connectivity index (χ3v) is 4.60. The zero-order chi connectivity index (χ0) is 18.4. The predicted molar refractivity (Wildman–Crippen MR) is 100 cm³/mol. The van der Waals surface area contributed by atoms with Crippen LogP contribution in [0.4, 0.5) is 8.78 Å². The predicted octanol–water partition coefficient (Wildman–Crippen LogP) is 7.06. The number of hydrogen-bond acceptors (Lipinski definition) is 1. The minimum atomic E-state index is -2.82. The van der Waals surface area contributed by atoms with Crippen LogP contribution >= 0.6 is 11.6 Å². The Balaban J connectivity index is 2.43. The van der Waals surface area contributed by atoms with Gasteiger partial charge in [-0.1, -0.05) is 57.5 Å². The summed E-state index contributed by atoms with van der Waals surface area (Å²) in [5, 5.41) is 0. The van der Waals surface area contributed by atoms with Gasteiger partial charge in [-0.25, -0.2) is 0 Å². The van der Waals surface area contributed by atoms with Gasteiger partial charge in [0.1, 0.15) is 5.75 Å². The van der Waals surface area contributed by atoms with Crippen LogP contribution in [0.2, 0.25) is 0 Å². The molecule has 0 aliphatic heterocycles. The molecule has 2 aromatic rings. The quantitative estimate of drug-likeness (QED) is 0.454. The molecule has 0 amide bonds. The van der Waals surface area contributed by atoms with E-state index in [4.69, 9.17) is 11.6 Å². The van der Waals surface area contributed by atoms with Crippen LogP contribution in [0.3, 0.4) is 0 Å². The number of ether oxygens (including phenoxy) is 1. The van der Waals surface area contributed by atoms with Crippen molar-refractivity contribution in [2.75, 3.05) is 0 Å². The van der Waals surface area contributed by atoms with Gasteiger partial charge in [0.05, 0.1) is 0 Å². The lowest BCUT2D eigenvalue weighted by Gasteiger charge is -2.26. The average Bonchev–Trinajstić information content (AvgIpc) is 2.53. The van der Waals surface area contributed by atoms with E-state index >= 15 is 0 Å². The Kier molecular flexibility index (Phi) is 6.83. The topological polar surface area (TPSA) is 9.23 Å². The summed E-state index contributed by atoms with van der Waals surface area (Å²) in [7, 11) is 0. The average molecular weight is 367 g/mol. The van der Waals surface area contributed by atoms with Gasteiger partial charge in [-0.2, -0.15) is 8.78 Å². The fourth-order valence-corrected chi connectivity index (χ4v) is 3.44. The van der Waals surface area contributed by atoms with E-state index in [1.165, 1.54) is 5.56 Å². The van der Waals surface area contributed by atoms with E-state index in [0.717, 1.165) is 36.0 Å². The second kappa shape index (κ2) is 8.66. The minimum absolute atomic E-state index is 0.158. The lowest BCUT2D eigenvalue weighted by Crippen LogP contribution is -2.15. The van der Waals surface area contributed by atoms with Crippen LogP contribution in [0.1, 0.15) is 44.7 Å². The van der Waals surface area contributed by atoms with Crippen molar-refractivity contribution in [3.8, 4) is 16.9 Å². The lowest BCUT2D eigenvalue weighted by atomic mass is 9.79. The summed E-state index contributed by atoms with van der Waals surface area (Å²) < 4.78 is 29.6. The highest BCUT2D eigenvalue weighted by Crippen LogP contribution is 2.34. The van der Waals surface area contributed by atoms with Gasteiger partial charge < -0.3 is 4.74 Å². The van der Waals surface area contributed by atoms with E-state index in [1.54, 1.807) is 18.2 Å². The Morgan fingerprint density at radius 1 is 1.12 bits per heavy atom. The molecule has 0 unspecified atom stereocenters. The number of hydrogen-bond donors (Lipinski definition) is 0. The SMILES string of the molecule is CCCC(C)(C)Cc1cc(CCl)ccc1-c1cccc(OC(F)F)c1. The van der Waals surface area contributed by atoms with E-state index < -0.39 is 6.61 Å². The molecule has 0 fully saturated rings. The minimum Gasteiger partial charge on any atom is -0.435 e. The number of alkyl halides is 3. The van der Waals surface area contributed by atoms with Crippen molar-refractivity contribution >= 4 is 11.6 Å². The second-order valence-electron chi connectivity index (χ2n) is 7.12. The van der Waals surface area contributed by atoms with Crippen LogP contribution in [0, 0.1) is 5.41 Å². The molecule has 0 heterocycles. The third kappa shape index (κ3) is 5.71. The molecule has 0 saturated carbocycles. The molecule has 4 heteroatoms. The molecule has 0 aliphatic rings. The Hall–Kier alpha value is -1.61. The van der Waals surface area contributed by atoms with Crippen molar-refractivity contribution in [1.82, 2.24) is 0 Å². The molecular weight excluding hydrogens is 342 g/mol. The summed E-state index contributed by atoms with van der Waals surface area (Å²) in [4.78, 5) is 0. The maximum absolute atomic E-state index is 12.5. The summed E-state index contributed by atoms with van der Waals surface area (Å²) >= 11 is 6.01. The van der Waals surface area contributed by atoms with Gasteiger partial charge >= 0.3 is 6.61 Å². The van der Waals surface area contributed by atoms with Crippen molar-refractivity contribution < 1.29 is 13.5 Å². The van der Waals surface area contributed by atoms with Gasteiger partial charge in [-0.3, -0.25) is 0 Å². The highest BCUT2D eigenvalue weighted by Gasteiger charge is 2.20. The molecule has 1 nitrogen and oxygen atoms in total. The van der Waals surface area contributed by atoms with Gasteiger partial charge in [0, 0.05) is 5.88 Å². The van der Waals surface area contributed by atoms with E-state index in [2.05, 4.69) is 31.6 Å². The summed E-state index contributed by atoms with van der Waals surface area (Å²) in [6.07, 6.45) is 3.14. The summed E-state index contributed by atoms with van der Waals surface area (Å²) in [5.41, 5.74) is 4.32. The fourth-order valence-electron chi connectivity index (χ4n) is 3.28. The maximum Gasteiger partial charge on any atom is 0.387 e. The number of halogens is 3. The Bertz CT molecular complexity index is 698. The van der Waals surface area contributed by atoms with Crippen LogP contribution in [-0.4, -0.2) is 6.61 Å². The monoisotopic (exact) mass is 366 g/mol. The molecule has 0 spiro atoms. The zero-order valence-electron chi connectivity index (χ0n) is 15.0. The van der Waals surface area contributed by atoms with Crippen molar-refractivity contribution in [3.05, 3.63) is 53.6 Å². The van der Waals surface area contributed by atoms with Gasteiger partial charge in [0.15, 0.2) is 0 Å². The van der Waals surface area contributed by atoms with Crippen LogP contribution in [0.5, 0.6) is 5.75 Å². The van der Waals surface area contributed by atoms with Gasteiger partial charge in [0.2, 0.25) is 0 Å². The summed E-state index contributed by atoms with van der Waals surface area (Å²) in [6.45, 7) is 3.87. The number of rotatable bonds is 8. The lowest BCUT2D eigenvalue weighted by molar-refractivity contribution is -0.0498. The highest BCUT2D eigenvalue weighted by molar-refractivity contribution is 6.17. The van der Waals surface area contributed by atoms with Crippen LogP contribution in [-0.2, 0) is 12.3 Å². The Morgan fingerprint density at radius 2 is 1.88 bits per heavy atom. The van der Waals surface area contributed by atoms with Crippen molar-refractivity contribution in [2.24, 2.45) is 5.41 Å². The van der Waals surface area contributed by atoms with Crippen LogP contribution < -0.4 is 4.74 Å². The largest absolute Gasteiger partial charge is 0.435 e. The molecular formula is C21H25ClF2O. The van der Waals surface area contributed by atoms with E-state index in [0.29, 0.717) is 5.88 Å². The van der Waals surface area contributed by atoms with Crippen molar-refractivity contribution in [1.29, 1.82) is 0 Å². The highest BCUT2D eigenvalue weighted by atomic mass is 35.5. The van der Waals surface area contributed by atoms with Crippen molar-refractivity contribution in [2.45, 2.75) is 52.5 Å². The Morgan fingerprint density at radius 3 is 2.52 bits per heavy atom. The molecule has 0 saturated heterocycles. The Labute approximate surface area is 154 Å². The van der Waals surface area contributed by atoms with E-state index in [-0.39, 0.29) is 11.2 Å². The van der Waals surface area contributed by atoms with E-state index in [9.17, 15) is 8.78 Å². The molecule has 0 aliphatic carbocycles. The molecule has 0 aromatic heterocycles. The smallest absolute Gasteiger partial charge is 0.387 e. The molecule has 2 rings (SSSR count). The second-order valence-corrected chi connectivity index (χ2v) is 7.39. The molecule has 0 bridgehead atoms. The molecule has 0 radical (unpaired) electrons. The van der Waals surface area contributed by atoms with Crippen LogP contribution in [0.25, 0.3) is 11.1 Å². The normalized spacial score (nSPS) is 11.8. The molecule has 25 heavy (non-hydrogen) atoms. The van der Waals surface area contributed by atoms with Crippen LogP contribution in [0.15, 0.2) is 42.5 Å². The molecule has 0 atom stereocenters. The first-order chi connectivity index (χ1) is 11.8. The van der Waals surface area contributed by atoms with Gasteiger partial charge in [0.25, 0.3) is 0 Å². The molecule has 0 N–H and O–H groups in total. The zero-order valence-corrected chi connectivity index (χ0v) is 15.7.